The molecule has 12 rings (SSSR count). The molecule has 0 amide bonds. The first-order chi connectivity index (χ1) is 22.7. The van der Waals surface area contributed by atoms with Gasteiger partial charge in [-0.05, 0) is 91.0 Å². The standard InChI is InChI=1S/C44H28O2/c45-39(25-17-19-35-37(23-25)43-31-13-5-1-9-27(31)41(35)28-10-2-6-14-32(28)43)21-22-40(46)26-18-20-36-38(24-26)44-33-15-7-3-11-29(33)42(36)30-12-4-8-16-34(30)44/h1-24,41-44H/b22-21+. The van der Waals surface area contributed by atoms with E-state index < -0.39 is 0 Å². The predicted octanol–water partition coefficient (Wildman–Crippen LogP) is 9.28. The number of ketones is 2. The summed E-state index contributed by atoms with van der Waals surface area (Å²) >= 11 is 0. The molecule has 2 heteroatoms. The van der Waals surface area contributed by atoms with Gasteiger partial charge in [-0.25, -0.2) is 0 Å². The summed E-state index contributed by atoms with van der Waals surface area (Å²) in [5.74, 6) is 0.246. The van der Waals surface area contributed by atoms with Gasteiger partial charge in [0.1, 0.15) is 0 Å². The molecule has 0 aromatic heterocycles. The Morgan fingerprint density at radius 2 is 0.565 bits per heavy atom. The summed E-state index contributed by atoms with van der Waals surface area (Å²) in [5, 5.41) is 0. The fourth-order valence-corrected chi connectivity index (χ4v) is 8.98. The monoisotopic (exact) mass is 588 g/mol. The fraction of sp³-hybridized carbons (Fsp3) is 0.0909. The van der Waals surface area contributed by atoms with Gasteiger partial charge in [-0.2, -0.15) is 0 Å². The lowest BCUT2D eigenvalue weighted by Crippen LogP contribution is -2.27. The van der Waals surface area contributed by atoms with Crippen LogP contribution in [-0.4, -0.2) is 11.6 Å². The lowest BCUT2D eigenvalue weighted by molar-refractivity contribution is 0.102. The van der Waals surface area contributed by atoms with Crippen LogP contribution in [0.2, 0.25) is 0 Å². The Morgan fingerprint density at radius 3 is 0.848 bits per heavy atom. The molecule has 0 spiro atoms. The highest BCUT2D eigenvalue weighted by Gasteiger charge is 2.42. The molecular weight excluding hydrogens is 560 g/mol. The molecule has 2 nitrogen and oxygen atoms in total. The first kappa shape index (κ1) is 25.7. The molecule has 0 heterocycles. The average Bonchev–Trinajstić information content (AvgIpc) is 3.12. The van der Waals surface area contributed by atoms with Crippen LogP contribution in [0.3, 0.4) is 0 Å². The van der Waals surface area contributed by atoms with Crippen molar-refractivity contribution in [1.29, 1.82) is 0 Å². The zero-order valence-corrected chi connectivity index (χ0v) is 25.0. The number of hydrogen-bond donors (Lipinski definition) is 0. The molecule has 6 aliphatic carbocycles. The molecule has 0 saturated heterocycles. The zero-order valence-electron chi connectivity index (χ0n) is 25.0. The molecule has 46 heavy (non-hydrogen) atoms. The van der Waals surface area contributed by atoms with Crippen LogP contribution in [0.4, 0.5) is 0 Å². The Morgan fingerprint density at radius 1 is 0.326 bits per heavy atom. The van der Waals surface area contributed by atoms with E-state index in [1.165, 1.54) is 78.9 Å². The van der Waals surface area contributed by atoms with Gasteiger partial charge in [0, 0.05) is 34.8 Å². The molecule has 6 aliphatic rings. The van der Waals surface area contributed by atoms with Crippen LogP contribution < -0.4 is 0 Å². The van der Waals surface area contributed by atoms with Gasteiger partial charge in [0.05, 0.1) is 0 Å². The summed E-state index contributed by atoms with van der Waals surface area (Å²) < 4.78 is 0. The molecule has 6 aromatic carbocycles. The topological polar surface area (TPSA) is 34.1 Å². The number of benzene rings is 6. The van der Waals surface area contributed by atoms with Crippen molar-refractivity contribution in [2.24, 2.45) is 0 Å². The molecule has 216 valence electrons. The molecule has 0 saturated carbocycles. The van der Waals surface area contributed by atoms with Crippen molar-refractivity contribution in [1.82, 2.24) is 0 Å². The van der Waals surface area contributed by atoms with Crippen molar-refractivity contribution in [2.45, 2.75) is 23.7 Å². The molecule has 0 fully saturated rings. The van der Waals surface area contributed by atoms with Crippen LogP contribution in [-0.2, 0) is 0 Å². The van der Waals surface area contributed by atoms with Gasteiger partial charge in [0.15, 0.2) is 11.6 Å². The average molecular weight is 589 g/mol. The molecule has 0 unspecified atom stereocenters. The van der Waals surface area contributed by atoms with Crippen molar-refractivity contribution in [2.75, 3.05) is 0 Å². The summed E-state index contributed by atoms with van der Waals surface area (Å²) in [4.78, 5) is 27.1. The maximum atomic E-state index is 13.5. The second kappa shape index (κ2) is 9.45. The first-order valence-electron chi connectivity index (χ1n) is 16.1. The highest BCUT2D eigenvalue weighted by atomic mass is 16.1. The smallest absolute Gasteiger partial charge is 0.185 e. The molecule has 4 bridgehead atoms. The summed E-state index contributed by atoms with van der Waals surface area (Å²) in [6.45, 7) is 0. The zero-order chi connectivity index (χ0) is 30.5. The highest BCUT2D eigenvalue weighted by molar-refractivity contribution is 6.12. The summed E-state index contributed by atoms with van der Waals surface area (Å²) in [5.41, 5.74) is 16.8. The van der Waals surface area contributed by atoms with Crippen molar-refractivity contribution in [3.05, 3.63) is 224 Å². The van der Waals surface area contributed by atoms with E-state index in [0.717, 1.165) is 0 Å². The summed E-state index contributed by atoms with van der Waals surface area (Å²) in [6, 6.07) is 46.9. The Hall–Kier alpha value is -5.60. The third-order valence-corrected chi connectivity index (χ3v) is 10.8. The number of carbonyl (C=O) groups excluding carboxylic acids is 2. The van der Waals surface area contributed by atoms with E-state index >= 15 is 0 Å². The lowest BCUT2D eigenvalue weighted by Gasteiger charge is -2.42. The molecular formula is C44H28O2. The van der Waals surface area contributed by atoms with Crippen LogP contribution >= 0.6 is 0 Å². The first-order valence-corrected chi connectivity index (χ1v) is 16.1. The third-order valence-electron chi connectivity index (χ3n) is 10.8. The van der Waals surface area contributed by atoms with Crippen molar-refractivity contribution in [3.63, 3.8) is 0 Å². The highest BCUT2D eigenvalue weighted by Crippen LogP contribution is 2.57. The van der Waals surface area contributed by atoms with Gasteiger partial charge < -0.3 is 0 Å². The minimum Gasteiger partial charge on any atom is -0.289 e. The van der Waals surface area contributed by atoms with Crippen LogP contribution in [0.25, 0.3) is 0 Å². The summed E-state index contributed by atoms with van der Waals surface area (Å²) in [6.07, 6.45) is 2.90. The third kappa shape index (κ3) is 3.42. The molecule has 0 atom stereocenters. The largest absolute Gasteiger partial charge is 0.289 e. The van der Waals surface area contributed by atoms with E-state index in [-0.39, 0.29) is 35.2 Å². The van der Waals surface area contributed by atoms with Crippen LogP contribution in [0.15, 0.2) is 146 Å². The van der Waals surface area contributed by atoms with E-state index in [4.69, 9.17) is 0 Å². The second-order valence-electron chi connectivity index (χ2n) is 13.0. The number of carbonyl (C=O) groups is 2. The number of hydrogen-bond acceptors (Lipinski definition) is 2. The van der Waals surface area contributed by atoms with Crippen LogP contribution in [0.1, 0.15) is 111 Å². The van der Waals surface area contributed by atoms with Gasteiger partial charge >= 0.3 is 0 Å². The van der Waals surface area contributed by atoms with Crippen molar-refractivity contribution in [3.8, 4) is 0 Å². The molecule has 0 radical (unpaired) electrons. The summed E-state index contributed by atoms with van der Waals surface area (Å²) in [7, 11) is 0. The lowest BCUT2D eigenvalue weighted by atomic mass is 9.61. The maximum absolute atomic E-state index is 13.5. The quantitative estimate of drug-likeness (QED) is 0.152. The van der Waals surface area contributed by atoms with Gasteiger partial charge in [-0.1, -0.05) is 121 Å². The second-order valence-corrected chi connectivity index (χ2v) is 13.0. The maximum Gasteiger partial charge on any atom is 0.185 e. The Balaban J connectivity index is 0.969. The van der Waals surface area contributed by atoms with Crippen molar-refractivity contribution < 1.29 is 9.59 Å². The normalized spacial score (nSPS) is 20.3. The van der Waals surface area contributed by atoms with Gasteiger partial charge in [0.2, 0.25) is 0 Å². The van der Waals surface area contributed by atoms with Gasteiger partial charge in [-0.15, -0.1) is 0 Å². The van der Waals surface area contributed by atoms with Crippen LogP contribution in [0.5, 0.6) is 0 Å². The SMILES string of the molecule is O=C(/C=C/C(=O)c1ccc2c(c1)C1c3ccccc3C2c2ccccc21)c1ccc2c(c1)C1c3ccccc3C2c2ccccc21. The van der Waals surface area contributed by atoms with E-state index in [1.54, 1.807) is 0 Å². The van der Waals surface area contributed by atoms with E-state index in [9.17, 15) is 9.59 Å². The van der Waals surface area contributed by atoms with E-state index in [2.05, 4.69) is 121 Å². The Kier molecular flexibility index (Phi) is 5.28. The molecule has 0 aliphatic heterocycles. The van der Waals surface area contributed by atoms with Crippen molar-refractivity contribution >= 4 is 11.6 Å². The van der Waals surface area contributed by atoms with Gasteiger partial charge in [-0.3, -0.25) is 9.59 Å². The van der Waals surface area contributed by atoms with Crippen LogP contribution in [0, 0.1) is 0 Å². The Labute approximate surface area is 267 Å². The predicted molar refractivity (Wildman–Crippen MR) is 180 cm³/mol. The fourth-order valence-electron chi connectivity index (χ4n) is 8.98. The van der Waals surface area contributed by atoms with E-state index in [1.807, 2.05) is 12.1 Å². The molecule has 6 aromatic rings. The van der Waals surface area contributed by atoms with Gasteiger partial charge in [0.25, 0.3) is 0 Å². The minimum absolute atomic E-state index is 0.104. The van der Waals surface area contributed by atoms with E-state index in [0.29, 0.717) is 11.1 Å². The minimum atomic E-state index is -0.154. The number of rotatable bonds is 4. The number of allylic oxidation sites excluding steroid dienone is 2. The molecule has 0 N–H and O–H groups in total. The Bertz CT molecular complexity index is 2080.